The first-order valence-electron chi connectivity index (χ1n) is 7.92. The molecule has 2 amide bonds. The number of imide groups is 1. The first-order chi connectivity index (χ1) is 11.6. The minimum Gasteiger partial charge on any atom is -0.494 e. The van der Waals surface area contributed by atoms with Crippen LogP contribution in [-0.2, 0) is 16.0 Å². The number of ether oxygens (including phenoxy) is 1. The van der Waals surface area contributed by atoms with E-state index in [9.17, 15) is 9.59 Å². The predicted octanol–water partition coefficient (Wildman–Crippen LogP) is 3.86. The Balaban J connectivity index is 1.74. The number of amides is 2. The Morgan fingerprint density at radius 2 is 1.75 bits per heavy atom. The molecule has 1 atom stereocenters. The molecule has 0 saturated carbocycles. The lowest BCUT2D eigenvalue weighted by Gasteiger charge is -2.15. The Morgan fingerprint density at radius 1 is 1.08 bits per heavy atom. The van der Waals surface area contributed by atoms with Crippen molar-refractivity contribution in [3.63, 3.8) is 0 Å². The zero-order chi connectivity index (χ0) is 17.1. The third-order valence-corrected chi connectivity index (χ3v) is 4.29. The number of halogens is 1. The standard InChI is InChI=1S/C19H18ClNO3/c1-2-24-17-9-7-16(8-10-17)21-18(22)12-14(19(21)23)11-13-3-5-15(20)6-4-13/h3-10,14H,2,11-12H2,1H3/t14-/m0/s1. The molecule has 2 aromatic rings. The third-order valence-electron chi connectivity index (χ3n) is 4.04. The van der Waals surface area contributed by atoms with Crippen LogP contribution in [0.2, 0.25) is 5.02 Å². The summed E-state index contributed by atoms with van der Waals surface area (Å²) in [5, 5.41) is 0.656. The summed E-state index contributed by atoms with van der Waals surface area (Å²) in [6.45, 7) is 2.48. The number of anilines is 1. The van der Waals surface area contributed by atoms with Crippen LogP contribution in [0.4, 0.5) is 5.69 Å². The smallest absolute Gasteiger partial charge is 0.237 e. The van der Waals surface area contributed by atoms with E-state index in [2.05, 4.69) is 0 Å². The molecule has 1 fully saturated rings. The Morgan fingerprint density at radius 3 is 2.38 bits per heavy atom. The molecule has 0 spiro atoms. The fourth-order valence-electron chi connectivity index (χ4n) is 2.89. The Hall–Kier alpha value is -2.33. The van der Waals surface area contributed by atoms with Crippen molar-refractivity contribution in [3.8, 4) is 5.75 Å². The Bertz CT molecular complexity index is 740. The molecule has 5 heteroatoms. The molecule has 3 rings (SSSR count). The van der Waals surface area contributed by atoms with Gasteiger partial charge < -0.3 is 4.74 Å². The van der Waals surface area contributed by atoms with Crippen LogP contribution in [0.5, 0.6) is 5.75 Å². The van der Waals surface area contributed by atoms with Crippen LogP contribution in [0.3, 0.4) is 0 Å². The number of carbonyl (C=O) groups excluding carboxylic acids is 2. The van der Waals surface area contributed by atoms with Gasteiger partial charge in [0.1, 0.15) is 5.75 Å². The summed E-state index contributed by atoms with van der Waals surface area (Å²) in [6.07, 6.45) is 0.768. The van der Waals surface area contributed by atoms with Gasteiger partial charge in [0, 0.05) is 11.4 Å². The summed E-state index contributed by atoms with van der Waals surface area (Å²) in [5.41, 5.74) is 1.59. The topological polar surface area (TPSA) is 46.6 Å². The van der Waals surface area contributed by atoms with Gasteiger partial charge in [0.2, 0.25) is 11.8 Å². The first kappa shape index (κ1) is 16.5. The molecule has 1 aliphatic rings. The quantitative estimate of drug-likeness (QED) is 0.774. The highest BCUT2D eigenvalue weighted by Gasteiger charge is 2.39. The summed E-state index contributed by atoms with van der Waals surface area (Å²) in [5.74, 6) is 0.0746. The molecule has 1 aliphatic heterocycles. The maximum absolute atomic E-state index is 12.6. The molecular weight excluding hydrogens is 326 g/mol. The van der Waals surface area contributed by atoms with Crippen LogP contribution in [0, 0.1) is 5.92 Å². The third kappa shape index (κ3) is 3.44. The second kappa shape index (κ2) is 7.05. The van der Waals surface area contributed by atoms with E-state index in [1.54, 1.807) is 36.4 Å². The lowest BCUT2D eigenvalue weighted by molar-refractivity contribution is -0.122. The van der Waals surface area contributed by atoms with E-state index in [-0.39, 0.29) is 24.2 Å². The van der Waals surface area contributed by atoms with Crippen molar-refractivity contribution in [1.82, 2.24) is 0 Å². The Kier molecular flexibility index (Phi) is 4.86. The summed E-state index contributed by atoms with van der Waals surface area (Å²) >= 11 is 5.88. The van der Waals surface area contributed by atoms with Crippen molar-refractivity contribution in [2.24, 2.45) is 5.92 Å². The molecule has 0 aliphatic carbocycles. The highest BCUT2D eigenvalue weighted by atomic mass is 35.5. The van der Waals surface area contributed by atoms with Crippen molar-refractivity contribution in [1.29, 1.82) is 0 Å². The number of rotatable bonds is 5. The fraction of sp³-hybridized carbons (Fsp3) is 0.263. The zero-order valence-corrected chi connectivity index (χ0v) is 14.1. The van der Waals surface area contributed by atoms with Crippen LogP contribution < -0.4 is 9.64 Å². The van der Waals surface area contributed by atoms with Crippen LogP contribution in [0.25, 0.3) is 0 Å². The highest BCUT2D eigenvalue weighted by molar-refractivity contribution is 6.30. The second-order valence-corrected chi connectivity index (χ2v) is 6.16. The number of carbonyl (C=O) groups is 2. The summed E-state index contributed by atoms with van der Waals surface area (Å²) in [7, 11) is 0. The van der Waals surface area contributed by atoms with E-state index in [4.69, 9.17) is 16.3 Å². The molecule has 4 nitrogen and oxygen atoms in total. The monoisotopic (exact) mass is 343 g/mol. The molecule has 2 aromatic carbocycles. The molecule has 0 unspecified atom stereocenters. The molecule has 0 aromatic heterocycles. The van der Waals surface area contributed by atoms with Gasteiger partial charge in [0.15, 0.2) is 0 Å². The summed E-state index contributed by atoms with van der Waals surface area (Å²) in [6, 6.07) is 14.4. The number of nitrogens with zero attached hydrogens (tertiary/aromatic N) is 1. The molecule has 24 heavy (non-hydrogen) atoms. The van der Waals surface area contributed by atoms with Gasteiger partial charge in [-0.3, -0.25) is 14.5 Å². The van der Waals surface area contributed by atoms with E-state index >= 15 is 0 Å². The molecule has 0 radical (unpaired) electrons. The maximum atomic E-state index is 12.6. The van der Waals surface area contributed by atoms with E-state index in [0.717, 1.165) is 11.3 Å². The van der Waals surface area contributed by atoms with Gasteiger partial charge in [-0.15, -0.1) is 0 Å². The minimum atomic E-state index is -0.328. The lowest BCUT2D eigenvalue weighted by Crippen LogP contribution is -2.30. The molecule has 124 valence electrons. The molecule has 1 heterocycles. The van der Waals surface area contributed by atoms with Gasteiger partial charge in [-0.25, -0.2) is 0 Å². The van der Waals surface area contributed by atoms with E-state index in [1.165, 1.54) is 4.90 Å². The number of benzene rings is 2. The SMILES string of the molecule is CCOc1ccc(N2C(=O)C[C@H](Cc3ccc(Cl)cc3)C2=O)cc1. The van der Waals surface area contributed by atoms with Crippen LogP contribution in [-0.4, -0.2) is 18.4 Å². The van der Waals surface area contributed by atoms with Crippen molar-refractivity contribution >= 4 is 29.1 Å². The maximum Gasteiger partial charge on any atom is 0.237 e. The number of hydrogen-bond acceptors (Lipinski definition) is 3. The van der Waals surface area contributed by atoms with Crippen molar-refractivity contribution in [2.45, 2.75) is 19.8 Å². The number of hydrogen-bond donors (Lipinski definition) is 0. The van der Waals surface area contributed by atoms with Crippen LogP contribution in [0.15, 0.2) is 48.5 Å². The molecule has 0 N–H and O–H groups in total. The van der Waals surface area contributed by atoms with Crippen molar-refractivity contribution in [2.75, 3.05) is 11.5 Å². The summed E-state index contributed by atoms with van der Waals surface area (Å²) in [4.78, 5) is 26.2. The second-order valence-electron chi connectivity index (χ2n) is 5.73. The van der Waals surface area contributed by atoms with E-state index in [1.807, 2.05) is 19.1 Å². The van der Waals surface area contributed by atoms with Gasteiger partial charge in [-0.1, -0.05) is 23.7 Å². The normalized spacial score (nSPS) is 17.4. The zero-order valence-electron chi connectivity index (χ0n) is 13.4. The molecule has 1 saturated heterocycles. The van der Waals surface area contributed by atoms with E-state index in [0.29, 0.717) is 23.7 Å². The Labute approximate surface area is 146 Å². The predicted molar refractivity (Wildman–Crippen MR) is 93.4 cm³/mol. The van der Waals surface area contributed by atoms with E-state index < -0.39 is 0 Å². The summed E-state index contributed by atoms with van der Waals surface area (Å²) < 4.78 is 5.39. The van der Waals surface area contributed by atoms with Gasteiger partial charge in [-0.2, -0.15) is 0 Å². The van der Waals surface area contributed by atoms with Gasteiger partial charge in [-0.05, 0) is 55.3 Å². The van der Waals surface area contributed by atoms with Gasteiger partial charge >= 0.3 is 0 Å². The first-order valence-corrected chi connectivity index (χ1v) is 8.30. The van der Waals surface area contributed by atoms with Crippen LogP contribution in [0.1, 0.15) is 18.9 Å². The van der Waals surface area contributed by atoms with Gasteiger partial charge in [0.25, 0.3) is 0 Å². The minimum absolute atomic E-state index is 0.154. The largest absolute Gasteiger partial charge is 0.494 e. The lowest BCUT2D eigenvalue weighted by atomic mass is 9.98. The average molecular weight is 344 g/mol. The highest BCUT2D eigenvalue weighted by Crippen LogP contribution is 2.30. The van der Waals surface area contributed by atoms with Crippen LogP contribution >= 0.6 is 11.6 Å². The molecular formula is C19H18ClNO3. The average Bonchev–Trinajstić information content (AvgIpc) is 2.85. The van der Waals surface area contributed by atoms with Crippen molar-refractivity contribution < 1.29 is 14.3 Å². The van der Waals surface area contributed by atoms with Crippen molar-refractivity contribution in [3.05, 3.63) is 59.1 Å². The fourth-order valence-corrected chi connectivity index (χ4v) is 3.01. The van der Waals surface area contributed by atoms with Gasteiger partial charge in [0.05, 0.1) is 18.2 Å². The molecule has 0 bridgehead atoms.